The van der Waals surface area contributed by atoms with Crippen LogP contribution in [0.15, 0.2) is 42.6 Å². The molecule has 0 bridgehead atoms. The number of hydrogen-bond donors (Lipinski definition) is 2. The largest absolute Gasteiger partial charge is 0.398 e. The summed E-state index contributed by atoms with van der Waals surface area (Å²) < 4.78 is 0. The van der Waals surface area contributed by atoms with E-state index < -0.39 is 0 Å². The van der Waals surface area contributed by atoms with E-state index in [1.54, 1.807) is 0 Å². The topological polar surface area (TPSA) is 65.6 Å². The van der Waals surface area contributed by atoms with Crippen LogP contribution in [0.2, 0.25) is 0 Å². The normalized spacial score (nSPS) is 24.6. The number of hydrogen-bond acceptors (Lipinski definition) is 5. The number of piperazine rings is 1. The van der Waals surface area contributed by atoms with E-state index >= 15 is 0 Å². The number of aliphatic hydroxyl groups is 1. The third-order valence-electron chi connectivity index (χ3n) is 5.35. The Morgan fingerprint density at radius 1 is 1.00 bits per heavy atom. The van der Waals surface area contributed by atoms with Crippen molar-refractivity contribution in [2.45, 2.75) is 25.0 Å². The second-order valence-corrected chi connectivity index (χ2v) is 6.74. The molecule has 2 atom stereocenters. The second kappa shape index (κ2) is 6.42. The summed E-state index contributed by atoms with van der Waals surface area (Å²) in [4.78, 5) is 9.18. The summed E-state index contributed by atoms with van der Waals surface area (Å²) in [5.74, 6) is 1.04. The lowest BCUT2D eigenvalue weighted by molar-refractivity contribution is 0.0396. The highest BCUT2D eigenvalue weighted by atomic mass is 16.3. The van der Waals surface area contributed by atoms with Gasteiger partial charge < -0.3 is 15.7 Å². The predicted octanol–water partition coefficient (Wildman–Crippen LogP) is 1.31. The lowest BCUT2D eigenvalue weighted by Gasteiger charge is -2.43. The molecule has 1 saturated heterocycles. The Balaban J connectivity index is 1.44. The van der Waals surface area contributed by atoms with E-state index in [0.717, 1.165) is 49.7 Å². The summed E-state index contributed by atoms with van der Waals surface area (Å²) in [6.07, 6.45) is 3.04. The van der Waals surface area contributed by atoms with Crippen LogP contribution in [-0.2, 0) is 12.8 Å². The molecule has 3 N–H and O–H groups in total. The fraction of sp³-hybridized carbons (Fsp3) is 0.421. The highest BCUT2D eigenvalue weighted by Gasteiger charge is 2.34. The van der Waals surface area contributed by atoms with Crippen molar-refractivity contribution in [3.63, 3.8) is 0 Å². The van der Waals surface area contributed by atoms with Gasteiger partial charge in [0.15, 0.2) is 0 Å². The Labute approximate surface area is 142 Å². The van der Waals surface area contributed by atoms with Gasteiger partial charge in [-0.2, -0.15) is 0 Å². The van der Waals surface area contributed by atoms with Gasteiger partial charge in [0.25, 0.3) is 0 Å². The van der Waals surface area contributed by atoms with E-state index in [-0.39, 0.29) is 12.1 Å². The summed E-state index contributed by atoms with van der Waals surface area (Å²) in [5, 5.41) is 10.7. The van der Waals surface area contributed by atoms with Gasteiger partial charge in [0, 0.05) is 50.5 Å². The zero-order valence-corrected chi connectivity index (χ0v) is 13.8. The van der Waals surface area contributed by atoms with Crippen molar-refractivity contribution in [2.24, 2.45) is 0 Å². The summed E-state index contributed by atoms with van der Waals surface area (Å²) in [6.45, 7) is 3.81. The fourth-order valence-electron chi connectivity index (χ4n) is 4.00. The molecule has 5 nitrogen and oxygen atoms in total. The van der Waals surface area contributed by atoms with Crippen LogP contribution >= 0.6 is 0 Å². The van der Waals surface area contributed by atoms with Crippen molar-refractivity contribution >= 4 is 11.5 Å². The Hall–Kier alpha value is -2.11. The molecule has 1 fully saturated rings. The number of nitrogens with two attached hydrogens (primary N) is 1. The van der Waals surface area contributed by atoms with Crippen LogP contribution in [0, 0.1) is 0 Å². The van der Waals surface area contributed by atoms with Crippen molar-refractivity contribution in [2.75, 3.05) is 36.8 Å². The maximum absolute atomic E-state index is 10.7. The van der Waals surface area contributed by atoms with Crippen LogP contribution < -0.4 is 10.6 Å². The van der Waals surface area contributed by atoms with E-state index in [1.807, 2.05) is 30.5 Å². The van der Waals surface area contributed by atoms with Crippen LogP contribution in [0.3, 0.4) is 0 Å². The first-order chi connectivity index (χ1) is 11.7. The van der Waals surface area contributed by atoms with Gasteiger partial charge in [-0.25, -0.2) is 4.98 Å². The average molecular weight is 324 g/mol. The molecule has 2 heterocycles. The third kappa shape index (κ3) is 2.85. The zero-order valence-electron chi connectivity index (χ0n) is 13.8. The monoisotopic (exact) mass is 324 g/mol. The fourth-order valence-corrected chi connectivity index (χ4v) is 4.00. The molecular formula is C19H24N4O. The van der Waals surface area contributed by atoms with Crippen molar-refractivity contribution in [1.29, 1.82) is 0 Å². The minimum atomic E-state index is -0.344. The molecule has 1 aromatic carbocycles. The van der Waals surface area contributed by atoms with E-state index in [4.69, 9.17) is 5.73 Å². The molecule has 24 heavy (non-hydrogen) atoms. The number of nitrogens with zero attached hydrogens (tertiary/aromatic N) is 3. The Morgan fingerprint density at radius 3 is 2.58 bits per heavy atom. The van der Waals surface area contributed by atoms with Gasteiger partial charge in [-0.05, 0) is 35.7 Å². The van der Waals surface area contributed by atoms with Gasteiger partial charge in [-0.1, -0.05) is 18.2 Å². The van der Waals surface area contributed by atoms with E-state index in [9.17, 15) is 5.11 Å². The van der Waals surface area contributed by atoms with Crippen LogP contribution in [0.5, 0.6) is 0 Å². The molecule has 0 unspecified atom stereocenters. The number of rotatable bonds is 2. The highest BCUT2D eigenvalue weighted by Crippen LogP contribution is 2.29. The molecule has 1 aromatic heterocycles. The smallest absolute Gasteiger partial charge is 0.128 e. The minimum Gasteiger partial charge on any atom is -0.398 e. The van der Waals surface area contributed by atoms with Crippen LogP contribution in [0.25, 0.3) is 0 Å². The molecule has 5 heteroatoms. The van der Waals surface area contributed by atoms with E-state index in [0.29, 0.717) is 6.42 Å². The first-order valence-corrected chi connectivity index (χ1v) is 8.67. The number of benzene rings is 1. The molecule has 0 saturated carbocycles. The zero-order chi connectivity index (χ0) is 16.5. The van der Waals surface area contributed by atoms with Crippen LogP contribution in [-0.4, -0.2) is 53.3 Å². The number of aromatic nitrogens is 1. The number of pyridine rings is 1. The van der Waals surface area contributed by atoms with Crippen molar-refractivity contribution in [3.05, 3.63) is 53.7 Å². The Kier molecular flexibility index (Phi) is 4.12. The highest BCUT2D eigenvalue weighted by molar-refractivity contribution is 5.52. The SMILES string of the molecule is Nc1cccc2c1C[C@H](O)[C@@H](N1CCN(c3ccccn3)CC1)C2. The van der Waals surface area contributed by atoms with Crippen LogP contribution in [0.1, 0.15) is 11.1 Å². The number of anilines is 2. The third-order valence-corrected chi connectivity index (χ3v) is 5.35. The van der Waals surface area contributed by atoms with Gasteiger partial charge in [-0.3, -0.25) is 4.90 Å². The second-order valence-electron chi connectivity index (χ2n) is 6.74. The maximum atomic E-state index is 10.7. The maximum Gasteiger partial charge on any atom is 0.128 e. The van der Waals surface area contributed by atoms with Crippen molar-refractivity contribution in [3.8, 4) is 0 Å². The number of aliphatic hydroxyl groups excluding tert-OH is 1. The molecule has 0 spiro atoms. The van der Waals surface area contributed by atoms with Crippen molar-refractivity contribution < 1.29 is 5.11 Å². The number of nitrogen functional groups attached to an aromatic ring is 1. The molecule has 4 rings (SSSR count). The minimum absolute atomic E-state index is 0.185. The average Bonchev–Trinajstić information content (AvgIpc) is 2.63. The van der Waals surface area contributed by atoms with Gasteiger partial charge in [0.2, 0.25) is 0 Å². The van der Waals surface area contributed by atoms with Gasteiger partial charge >= 0.3 is 0 Å². The van der Waals surface area contributed by atoms with Crippen LogP contribution in [0.4, 0.5) is 11.5 Å². The molecule has 2 aliphatic rings. The summed E-state index contributed by atoms with van der Waals surface area (Å²) >= 11 is 0. The molecule has 0 radical (unpaired) electrons. The summed E-state index contributed by atoms with van der Waals surface area (Å²) in [6, 6.07) is 12.3. The van der Waals surface area contributed by atoms with E-state index in [1.165, 1.54) is 5.56 Å². The lowest BCUT2D eigenvalue weighted by Crippen LogP contribution is -2.56. The molecule has 2 aromatic rings. The molecular weight excluding hydrogens is 300 g/mol. The molecule has 0 amide bonds. The van der Waals surface area contributed by atoms with E-state index in [2.05, 4.69) is 26.9 Å². The Bertz CT molecular complexity index is 698. The molecule has 126 valence electrons. The standard InChI is InChI=1S/C19H24N4O/c20-16-5-3-4-14-12-17(18(24)13-15(14)16)22-8-10-23(11-9-22)19-6-1-2-7-21-19/h1-7,17-18,24H,8-13,20H2/t17-,18-/m0/s1. The molecule has 1 aliphatic carbocycles. The number of fused-ring (bicyclic) bond motifs is 1. The summed E-state index contributed by atoms with van der Waals surface area (Å²) in [7, 11) is 0. The lowest BCUT2D eigenvalue weighted by atomic mass is 9.84. The first-order valence-electron chi connectivity index (χ1n) is 8.67. The first kappa shape index (κ1) is 15.4. The predicted molar refractivity (Wildman–Crippen MR) is 96.1 cm³/mol. The van der Waals surface area contributed by atoms with Gasteiger partial charge in [-0.15, -0.1) is 0 Å². The van der Waals surface area contributed by atoms with Gasteiger partial charge in [0.05, 0.1) is 6.10 Å². The molecule has 1 aliphatic heterocycles. The van der Waals surface area contributed by atoms with Gasteiger partial charge in [0.1, 0.15) is 5.82 Å². The Morgan fingerprint density at radius 2 is 1.83 bits per heavy atom. The van der Waals surface area contributed by atoms with Crippen molar-refractivity contribution in [1.82, 2.24) is 9.88 Å². The quantitative estimate of drug-likeness (QED) is 0.816. The summed E-state index contributed by atoms with van der Waals surface area (Å²) in [5.41, 5.74) is 9.30.